The molecule has 1 heterocycles. The van der Waals surface area contributed by atoms with Gasteiger partial charge in [-0.05, 0) is 67.6 Å². The normalized spacial score (nSPS) is 11.6. The zero-order valence-corrected chi connectivity index (χ0v) is 29.6. The topological polar surface area (TPSA) is 207 Å². The van der Waals surface area contributed by atoms with Crippen LogP contribution in [0, 0.1) is 0 Å². The first-order valence-electron chi connectivity index (χ1n) is 15.6. The van der Waals surface area contributed by atoms with Crippen LogP contribution in [-0.4, -0.2) is 48.3 Å². The van der Waals surface area contributed by atoms with Crippen molar-refractivity contribution in [3.05, 3.63) is 97.1 Å². The summed E-state index contributed by atoms with van der Waals surface area (Å²) in [6.07, 6.45) is -0.602. The minimum Gasteiger partial charge on any atom is -0.495 e. The van der Waals surface area contributed by atoms with E-state index in [1.165, 1.54) is 44.6 Å². The molecule has 0 aliphatic heterocycles. The Morgan fingerprint density at radius 1 is 0.750 bits per heavy atom. The average Bonchev–Trinajstić information content (AvgIpc) is 3.10. The van der Waals surface area contributed by atoms with Crippen LogP contribution < -0.4 is 30.6 Å². The Bertz CT molecular complexity index is 2580. The molecule has 16 heteroatoms. The van der Waals surface area contributed by atoms with Gasteiger partial charge in [0, 0.05) is 34.3 Å². The van der Waals surface area contributed by atoms with Crippen LogP contribution in [0.3, 0.4) is 0 Å². The van der Waals surface area contributed by atoms with Gasteiger partial charge in [-0.15, -0.1) is 0 Å². The molecule has 268 valence electrons. The van der Waals surface area contributed by atoms with Gasteiger partial charge < -0.3 is 24.8 Å². The number of carbonyl (C=O) groups excluding carboxylic acids is 1. The Morgan fingerprint density at radius 3 is 1.96 bits per heavy atom. The Kier molecular flexibility index (Phi) is 9.90. The van der Waals surface area contributed by atoms with Gasteiger partial charge in [0.15, 0.2) is 0 Å². The van der Waals surface area contributed by atoms with E-state index in [1.807, 2.05) is 0 Å². The molecule has 0 atom stereocenters. The molecule has 0 bridgehead atoms. The molecule has 52 heavy (non-hydrogen) atoms. The second-order valence-electron chi connectivity index (χ2n) is 11.3. The molecule has 0 unspecified atom stereocenters. The lowest BCUT2D eigenvalue weighted by atomic mass is 9.96. The molecule has 0 radical (unpaired) electrons. The second-order valence-corrected chi connectivity index (χ2v) is 14.2. The summed E-state index contributed by atoms with van der Waals surface area (Å²) in [5.74, 6) is 0.770. The van der Waals surface area contributed by atoms with Crippen molar-refractivity contribution in [1.29, 1.82) is 0 Å². The zero-order valence-electron chi connectivity index (χ0n) is 28.0. The molecule has 6 aromatic rings. The third kappa shape index (κ3) is 7.54. The van der Waals surface area contributed by atoms with E-state index in [1.54, 1.807) is 73.7 Å². The first-order valence-corrected chi connectivity index (χ1v) is 18.5. The maximum Gasteiger partial charge on any atom is 0.411 e. The molecule has 0 spiro atoms. The molecule has 0 saturated heterocycles. The first-order chi connectivity index (χ1) is 24.8. The van der Waals surface area contributed by atoms with Crippen molar-refractivity contribution in [3.8, 4) is 22.6 Å². The highest BCUT2D eigenvalue weighted by Crippen LogP contribution is 2.42. The minimum atomic E-state index is -4.64. The van der Waals surface area contributed by atoms with E-state index in [-0.39, 0.29) is 22.0 Å². The average molecular weight is 746 g/mol. The van der Waals surface area contributed by atoms with Crippen molar-refractivity contribution in [1.82, 2.24) is 0 Å². The summed E-state index contributed by atoms with van der Waals surface area (Å²) in [5, 5.41) is 15.5. The molecule has 5 aromatic carbocycles. The summed E-state index contributed by atoms with van der Waals surface area (Å²) < 4.78 is 81.8. The van der Waals surface area contributed by atoms with Gasteiger partial charge >= 0.3 is 17.3 Å². The molecular weight excluding hydrogens is 713 g/mol. The van der Waals surface area contributed by atoms with Crippen LogP contribution >= 0.6 is 0 Å². The molecular formula is C36H33N4O10S2+. The number of ether oxygens (including phenoxy) is 3. The largest absolute Gasteiger partial charge is 0.495 e. The van der Waals surface area contributed by atoms with Gasteiger partial charge in [-0.3, -0.25) is 9.87 Å². The van der Waals surface area contributed by atoms with E-state index in [0.717, 1.165) is 0 Å². The first kappa shape index (κ1) is 35.9. The monoisotopic (exact) mass is 745 g/mol. The Balaban J connectivity index is 1.49. The number of sulfonamides is 1. The van der Waals surface area contributed by atoms with Crippen molar-refractivity contribution in [2.45, 2.75) is 16.7 Å². The summed E-state index contributed by atoms with van der Waals surface area (Å²) in [6, 6.07) is 25.6. The number of methoxy groups -OCH3 is 2. The standard InChI is InChI=1S/C36H32N4O10S2/c1-4-49-36(41)40-23-11-15-28(33(19-23)48-3)38-21-9-13-25-31(17-21)50-32-18-22(39-29-20-24(51(37,42)43)12-16-30(29)47-2)10-14-26(32)35(25)27-7-5-6-8-34(27)52(44,45)46/h5-20,38-39H,4H2,1-3H3,(H3-,37,40,41,42,43,44,45,46)/p+1. The zero-order chi connectivity index (χ0) is 37.2. The van der Waals surface area contributed by atoms with Gasteiger partial charge in [0.1, 0.15) is 16.4 Å². The van der Waals surface area contributed by atoms with E-state index < -0.39 is 26.2 Å². The number of rotatable bonds is 11. The van der Waals surface area contributed by atoms with Crippen molar-refractivity contribution in [2.24, 2.45) is 5.14 Å². The fraction of sp³-hybridized carbons (Fsp3) is 0.111. The van der Waals surface area contributed by atoms with Crippen LogP contribution in [0.25, 0.3) is 33.1 Å². The summed E-state index contributed by atoms with van der Waals surface area (Å²) in [7, 11) is -5.73. The number of fused-ring (bicyclic) bond motifs is 2. The third-order valence-electron chi connectivity index (χ3n) is 7.94. The summed E-state index contributed by atoms with van der Waals surface area (Å²) in [5.41, 5.74) is 3.78. The number of nitrogens with two attached hydrogens (primary N) is 1. The number of carbonyl (C=O) groups is 1. The Hall–Kier alpha value is -5.94. The molecule has 1 aromatic heterocycles. The number of anilines is 5. The second kappa shape index (κ2) is 14.4. The predicted octanol–water partition coefficient (Wildman–Crippen LogP) is 7.50. The van der Waals surface area contributed by atoms with E-state index in [2.05, 4.69) is 16.0 Å². The highest BCUT2D eigenvalue weighted by Gasteiger charge is 2.26. The summed E-state index contributed by atoms with van der Waals surface area (Å²) in [4.78, 5) is 11.5. The van der Waals surface area contributed by atoms with Crippen LogP contribution in [0.5, 0.6) is 11.5 Å². The van der Waals surface area contributed by atoms with Crippen LogP contribution in [0.15, 0.2) is 111 Å². The highest BCUT2D eigenvalue weighted by molar-refractivity contribution is 7.89. The lowest BCUT2D eigenvalue weighted by Gasteiger charge is -2.14. The third-order valence-corrected chi connectivity index (χ3v) is 9.76. The summed E-state index contributed by atoms with van der Waals surface area (Å²) in [6.45, 7) is 1.92. The lowest BCUT2D eigenvalue weighted by Crippen LogP contribution is -2.13. The molecule has 0 aliphatic rings. The van der Waals surface area contributed by atoms with Crippen LogP contribution in [0.2, 0.25) is 0 Å². The SMILES string of the molecule is CCOC(=O)Nc1ccc(Nc2ccc3c(-c4ccccc4S(=O)(=O)O)c4ccc(Nc5cc(S(N)(=O)=O)ccc5OC)cc4[o+]c3c2)c(OC)c1. The van der Waals surface area contributed by atoms with E-state index in [9.17, 15) is 26.2 Å². The number of primary sulfonamides is 1. The van der Waals surface area contributed by atoms with E-state index in [0.29, 0.717) is 67.4 Å². The molecule has 6 N–H and O–H groups in total. The van der Waals surface area contributed by atoms with Crippen molar-refractivity contribution >= 4 is 76.6 Å². The fourth-order valence-electron chi connectivity index (χ4n) is 5.66. The van der Waals surface area contributed by atoms with Crippen molar-refractivity contribution < 1.29 is 44.8 Å². The van der Waals surface area contributed by atoms with Gasteiger partial charge in [-0.1, -0.05) is 18.2 Å². The minimum absolute atomic E-state index is 0.127. The maximum atomic E-state index is 12.6. The van der Waals surface area contributed by atoms with Crippen LogP contribution in [0.4, 0.5) is 33.2 Å². The fourth-order valence-corrected chi connectivity index (χ4v) is 6.90. The number of amides is 1. The van der Waals surface area contributed by atoms with Crippen molar-refractivity contribution in [2.75, 3.05) is 36.8 Å². The number of nitrogens with one attached hydrogen (secondary N) is 3. The lowest BCUT2D eigenvalue weighted by molar-refractivity contribution is 0.168. The van der Waals surface area contributed by atoms with Crippen LogP contribution in [0.1, 0.15) is 6.92 Å². The number of benzene rings is 5. The maximum absolute atomic E-state index is 12.6. The molecule has 14 nitrogen and oxygen atoms in total. The molecule has 0 aliphatic carbocycles. The van der Waals surface area contributed by atoms with Gasteiger partial charge in [-0.25, -0.2) is 22.8 Å². The van der Waals surface area contributed by atoms with Gasteiger partial charge in [0.25, 0.3) is 10.1 Å². The molecule has 0 saturated carbocycles. The van der Waals surface area contributed by atoms with Crippen LogP contribution in [-0.2, 0) is 24.9 Å². The van der Waals surface area contributed by atoms with Crippen molar-refractivity contribution in [3.63, 3.8) is 0 Å². The molecule has 0 fully saturated rings. The van der Waals surface area contributed by atoms with E-state index in [4.69, 9.17) is 23.8 Å². The predicted molar refractivity (Wildman–Crippen MR) is 198 cm³/mol. The van der Waals surface area contributed by atoms with Gasteiger partial charge in [0.05, 0.1) is 60.0 Å². The Labute approximate surface area is 298 Å². The smallest absolute Gasteiger partial charge is 0.411 e. The molecule has 6 rings (SSSR count). The Morgan fingerprint density at radius 2 is 1.37 bits per heavy atom. The van der Waals surface area contributed by atoms with Gasteiger partial charge in [0.2, 0.25) is 10.0 Å². The number of hydrogen-bond donors (Lipinski definition) is 5. The highest BCUT2D eigenvalue weighted by atomic mass is 32.2. The number of hydrogen-bond acceptors (Lipinski definition) is 10. The quantitative estimate of drug-likeness (QED) is 0.0496. The molecule has 1 amide bonds. The summed E-state index contributed by atoms with van der Waals surface area (Å²) >= 11 is 0. The van der Waals surface area contributed by atoms with Gasteiger partial charge in [-0.2, -0.15) is 8.42 Å². The van der Waals surface area contributed by atoms with E-state index >= 15 is 0 Å².